The number of aryl methyl sites for hydroxylation is 2. The second-order valence-corrected chi connectivity index (χ2v) is 6.76. The van der Waals surface area contributed by atoms with E-state index in [2.05, 4.69) is 34.3 Å². The first kappa shape index (κ1) is 17.2. The Hall–Kier alpha value is -2.67. The van der Waals surface area contributed by atoms with Crippen LogP contribution in [0.5, 0.6) is 11.5 Å². The van der Waals surface area contributed by atoms with Gasteiger partial charge >= 0.3 is 0 Å². The summed E-state index contributed by atoms with van der Waals surface area (Å²) in [5, 5.41) is 5.51. The molecule has 7 heteroatoms. The summed E-state index contributed by atoms with van der Waals surface area (Å²) in [4.78, 5) is 10.9. The number of ether oxygens (including phenoxy) is 2. The smallest absolute Gasteiger partial charge is 0.158 e. The summed E-state index contributed by atoms with van der Waals surface area (Å²) >= 11 is 1.66. The molecule has 0 fully saturated rings. The average molecular weight is 356 g/mol. The van der Waals surface area contributed by atoms with Crippen molar-refractivity contribution in [2.24, 2.45) is 5.10 Å². The molecule has 130 valence electrons. The Bertz CT molecular complexity index is 950. The van der Waals surface area contributed by atoms with Gasteiger partial charge in [0.2, 0.25) is 0 Å². The number of thiophene rings is 1. The van der Waals surface area contributed by atoms with Crippen molar-refractivity contribution in [2.45, 2.75) is 20.8 Å². The lowest BCUT2D eigenvalue weighted by molar-refractivity contribution is 0.394. The zero-order valence-corrected chi connectivity index (χ0v) is 15.7. The fourth-order valence-electron chi connectivity index (χ4n) is 2.56. The van der Waals surface area contributed by atoms with Crippen molar-refractivity contribution < 1.29 is 9.47 Å². The number of hydrazone groups is 1. The van der Waals surface area contributed by atoms with Crippen molar-refractivity contribution in [3.8, 4) is 11.5 Å². The van der Waals surface area contributed by atoms with Crippen LogP contribution in [-0.4, -0.2) is 29.9 Å². The third-order valence-electron chi connectivity index (χ3n) is 4.09. The van der Waals surface area contributed by atoms with Gasteiger partial charge in [0, 0.05) is 16.5 Å². The molecule has 0 aliphatic carbocycles. The van der Waals surface area contributed by atoms with Crippen LogP contribution in [0.1, 0.15) is 22.9 Å². The second kappa shape index (κ2) is 7.06. The van der Waals surface area contributed by atoms with Gasteiger partial charge in [0.15, 0.2) is 5.82 Å². The molecule has 0 atom stereocenters. The monoisotopic (exact) mass is 356 g/mol. The summed E-state index contributed by atoms with van der Waals surface area (Å²) in [7, 11) is 3.26. The van der Waals surface area contributed by atoms with E-state index in [1.54, 1.807) is 31.9 Å². The minimum Gasteiger partial charge on any atom is -0.497 e. The van der Waals surface area contributed by atoms with E-state index in [9.17, 15) is 0 Å². The van der Waals surface area contributed by atoms with Gasteiger partial charge in [-0.2, -0.15) is 5.10 Å². The number of rotatable bonds is 5. The molecule has 3 rings (SSSR count). The topological polar surface area (TPSA) is 68.6 Å². The zero-order chi connectivity index (χ0) is 18.0. The summed E-state index contributed by atoms with van der Waals surface area (Å²) in [5.74, 6) is 2.15. The molecule has 2 aromatic heterocycles. The highest BCUT2D eigenvalue weighted by atomic mass is 32.1. The number of nitrogens with one attached hydrogen (secondary N) is 1. The maximum atomic E-state index is 5.44. The van der Waals surface area contributed by atoms with Crippen LogP contribution < -0.4 is 14.9 Å². The van der Waals surface area contributed by atoms with Crippen LogP contribution in [0.4, 0.5) is 5.82 Å². The molecule has 0 aliphatic rings. The van der Waals surface area contributed by atoms with Crippen molar-refractivity contribution in [2.75, 3.05) is 19.6 Å². The van der Waals surface area contributed by atoms with E-state index >= 15 is 0 Å². The molecule has 0 spiro atoms. The molecule has 0 saturated carbocycles. The molecule has 0 aliphatic heterocycles. The van der Waals surface area contributed by atoms with Crippen LogP contribution in [0.15, 0.2) is 29.6 Å². The molecule has 1 N–H and O–H groups in total. The Morgan fingerprint density at radius 2 is 1.96 bits per heavy atom. The van der Waals surface area contributed by atoms with Gasteiger partial charge in [0.1, 0.15) is 22.7 Å². The molecule has 0 radical (unpaired) electrons. The maximum absolute atomic E-state index is 5.44. The Balaban J connectivity index is 1.95. The van der Waals surface area contributed by atoms with Crippen LogP contribution in [0.2, 0.25) is 0 Å². The summed E-state index contributed by atoms with van der Waals surface area (Å²) in [6.45, 7) is 6.08. The van der Waals surface area contributed by atoms with Gasteiger partial charge in [-0.25, -0.2) is 9.97 Å². The van der Waals surface area contributed by atoms with Gasteiger partial charge < -0.3 is 9.47 Å². The molecule has 0 unspecified atom stereocenters. The Morgan fingerprint density at radius 1 is 1.16 bits per heavy atom. The molecule has 1 aromatic carbocycles. The third-order valence-corrected chi connectivity index (χ3v) is 5.21. The Kier molecular flexibility index (Phi) is 4.85. The number of hydrogen-bond acceptors (Lipinski definition) is 7. The number of anilines is 1. The summed E-state index contributed by atoms with van der Waals surface area (Å²) < 4.78 is 10.7. The number of aromatic nitrogens is 2. The van der Waals surface area contributed by atoms with Gasteiger partial charge in [-0.05, 0) is 38.5 Å². The fraction of sp³-hybridized carbons (Fsp3) is 0.278. The van der Waals surface area contributed by atoms with Gasteiger partial charge in [-0.3, -0.25) is 5.43 Å². The quantitative estimate of drug-likeness (QED) is 0.549. The number of benzene rings is 1. The summed E-state index contributed by atoms with van der Waals surface area (Å²) in [6.07, 6.45) is 1.55. The Labute approximate surface area is 150 Å². The average Bonchev–Trinajstić information content (AvgIpc) is 2.93. The minimum absolute atomic E-state index is 0.706. The third kappa shape index (κ3) is 3.28. The number of methoxy groups -OCH3 is 2. The first-order valence-electron chi connectivity index (χ1n) is 7.78. The number of fused-ring (bicyclic) bond motifs is 1. The lowest BCUT2D eigenvalue weighted by Gasteiger charge is -2.10. The molecule has 2 heterocycles. The molecule has 0 amide bonds. The van der Waals surface area contributed by atoms with Crippen molar-refractivity contribution in [1.82, 2.24) is 9.97 Å². The zero-order valence-electron chi connectivity index (χ0n) is 14.9. The van der Waals surface area contributed by atoms with Gasteiger partial charge in [0.25, 0.3) is 0 Å². The predicted molar refractivity (Wildman–Crippen MR) is 102 cm³/mol. The predicted octanol–water partition coefficient (Wildman–Crippen LogP) is 4.16. The lowest BCUT2D eigenvalue weighted by Crippen LogP contribution is -2.04. The standard InChI is InChI=1S/C18H20N4O2S/c1-10-12(3)25-18-16(10)17(19-9-20-18)22-21-11(2)14-7-6-13(23-4)8-15(14)24-5/h6-9H,1-5H3,(H,19,20,22)/b21-11+. The van der Waals surface area contributed by atoms with E-state index in [1.165, 1.54) is 10.4 Å². The minimum atomic E-state index is 0.706. The van der Waals surface area contributed by atoms with E-state index < -0.39 is 0 Å². The molecular formula is C18H20N4O2S. The second-order valence-electron chi connectivity index (χ2n) is 5.56. The van der Waals surface area contributed by atoms with Crippen molar-refractivity contribution >= 4 is 33.1 Å². The number of hydrogen-bond donors (Lipinski definition) is 1. The molecule has 3 aromatic rings. The first-order valence-corrected chi connectivity index (χ1v) is 8.60. The molecule has 25 heavy (non-hydrogen) atoms. The molecule has 6 nitrogen and oxygen atoms in total. The highest BCUT2D eigenvalue weighted by Gasteiger charge is 2.12. The van der Waals surface area contributed by atoms with E-state index in [0.717, 1.165) is 27.2 Å². The van der Waals surface area contributed by atoms with Crippen LogP contribution in [0.3, 0.4) is 0 Å². The highest BCUT2D eigenvalue weighted by molar-refractivity contribution is 7.18. The molecular weight excluding hydrogens is 336 g/mol. The molecule has 0 saturated heterocycles. The largest absolute Gasteiger partial charge is 0.497 e. The maximum Gasteiger partial charge on any atom is 0.158 e. The normalized spacial score (nSPS) is 11.6. The van der Waals surface area contributed by atoms with E-state index in [0.29, 0.717) is 11.6 Å². The summed E-state index contributed by atoms with van der Waals surface area (Å²) in [5.41, 5.74) is 5.93. The summed E-state index contributed by atoms with van der Waals surface area (Å²) in [6, 6.07) is 5.64. The highest BCUT2D eigenvalue weighted by Crippen LogP contribution is 2.32. The van der Waals surface area contributed by atoms with Crippen LogP contribution in [0.25, 0.3) is 10.2 Å². The van der Waals surface area contributed by atoms with Gasteiger partial charge in [-0.1, -0.05) is 0 Å². The van der Waals surface area contributed by atoms with E-state index in [1.807, 2.05) is 25.1 Å². The van der Waals surface area contributed by atoms with Crippen LogP contribution in [0, 0.1) is 13.8 Å². The van der Waals surface area contributed by atoms with Crippen molar-refractivity contribution in [3.05, 3.63) is 40.5 Å². The lowest BCUT2D eigenvalue weighted by atomic mass is 10.1. The van der Waals surface area contributed by atoms with Crippen LogP contribution in [-0.2, 0) is 0 Å². The first-order chi connectivity index (χ1) is 12.0. The molecule has 0 bridgehead atoms. The number of nitrogens with zero attached hydrogens (tertiary/aromatic N) is 3. The van der Waals surface area contributed by atoms with Gasteiger partial charge in [-0.15, -0.1) is 11.3 Å². The fourth-order valence-corrected chi connectivity index (χ4v) is 3.56. The van der Waals surface area contributed by atoms with Crippen molar-refractivity contribution in [3.63, 3.8) is 0 Å². The van der Waals surface area contributed by atoms with Crippen LogP contribution >= 0.6 is 11.3 Å². The van der Waals surface area contributed by atoms with Gasteiger partial charge in [0.05, 0.1) is 25.3 Å². The van der Waals surface area contributed by atoms with E-state index in [-0.39, 0.29) is 0 Å². The SMILES string of the molecule is COc1ccc(/C(C)=N/Nc2ncnc3sc(C)c(C)c23)c(OC)c1. The Morgan fingerprint density at radius 3 is 2.68 bits per heavy atom. The van der Waals surface area contributed by atoms with Crippen molar-refractivity contribution in [1.29, 1.82) is 0 Å². The van der Waals surface area contributed by atoms with E-state index in [4.69, 9.17) is 9.47 Å².